The van der Waals surface area contributed by atoms with Gasteiger partial charge in [-0.05, 0) is 47.4 Å². The van der Waals surface area contributed by atoms with E-state index in [9.17, 15) is 0 Å². The van der Waals surface area contributed by atoms with Crippen LogP contribution in [0, 0.1) is 0 Å². The molecule has 0 aliphatic carbocycles. The molecule has 5 heteroatoms. The van der Waals surface area contributed by atoms with E-state index in [-0.39, 0.29) is 6.04 Å². The third kappa shape index (κ3) is 4.36. The zero-order chi connectivity index (χ0) is 15.0. The summed E-state index contributed by atoms with van der Waals surface area (Å²) in [5.41, 5.74) is 1.14. The Labute approximate surface area is 129 Å². The highest BCUT2D eigenvalue weighted by molar-refractivity contribution is 9.10. The van der Waals surface area contributed by atoms with E-state index in [1.165, 1.54) is 0 Å². The minimum absolute atomic E-state index is 0.243. The molecular formula is C15H24BrNO3. The van der Waals surface area contributed by atoms with Gasteiger partial charge in [0.2, 0.25) is 0 Å². The quantitative estimate of drug-likeness (QED) is 0.695. The first-order valence-corrected chi connectivity index (χ1v) is 7.61. The van der Waals surface area contributed by atoms with E-state index in [1.54, 1.807) is 21.3 Å². The van der Waals surface area contributed by atoms with Gasteiger partial charge in [0.05, 0.1) is 14.2 Å². The van der Waals surface area contributed by atoms with Crippen molar-refractivity contribution in [3.05, 3.63) is 22.2 Å². The molecule has 1 atom stereocenters. The van der Waals surface area contributed by atoms with Crippen LogP contribution in [0.5, 0.6) is 11.5 Å². The summed E-state index contributed by atoms with van der Waals surface area (Å²) in [6.45, 7) is 3.78. The predicted octanol–water partition coefficient (Wildman–Crippen LogP) is 3.54. The topological polar surface area (TPSA) is 39.7 Å². The normalized spacial score (nSPS) is 12.2. The van der Waals surface area contributed by atoms with E-state index >= 15 is 0 Å². The summed E-state index contributed by atoms with van der Waals surface area (Å²) in [6, 6.07) is 4.26. The molecule has 1 unspecified atom stereocenters. The first-order chi connectivity index (χ1) is 9.69. The Morgan fingerprint density at radius 1 is 1.20 bits per heavy atom. The molecule has 0 spiro atoms. The molecule has 0 aliphatic rings. The Bertz CT molecular complexity index is 412. The average molecular weight is 346 g/mol. The predicted molar refractivity (Wildman–Crippen MR) is 84.8 cm³/mol. The average Bonchev–Trinajstić information content (AvgIpc) is 2.46. The van der Waals surface area contributed by atoms with Crippen LogP contribution in [0.4, 0.5) is 0 Å². The van der Waals surface area contributed by atoms with Gasteiger partial charge in [-0.25, -0.2) is 0 Å². The van der Waals surface area contributed by atoms with Crippen molar-refractivity contribution in [1.82, 2.24) is 5.32 Å². The SMILES string of the molecule is CCNC(CCCOC)c1ccc(OC)c(Br)c1OC. The van der Waals surface area contributed by atoms with Crippen molar-refractivity contribution in [3.63, 3.8) is 0 Å². The van der Waals surface area contributed by atoms with Crippen molar-refractivity contribution in [2.24, 2.45) is 0 Å². The molecule has 1 N–H and O–H groups in total. The van der Waals surface area contributed by atoms with Gasteiger partial charge < -0.3 is 19.5 Å². The van der Waals surface area contributed by atoms with Crippen molar-refractivity contribution in [3.8, 4) is 11.5 Å². The van der Waals surface area contributed by atoms with Crippen molar-refractivity contribution >= 4 is 15.9 Å². The summed E-state index contributed by atoms with van der Waals surface area (Å²) in [7, 11) is 5.06. The van der Waals surface area contributed by atoms with Gasteiger partial charge in [0, 0.05) is 25.3 Å². The van der Waals surface area contributed by atoms with E-state index < -0.39 is 0 Å². The molecule has 1 rings (SSSR count). The standard InChI is InChI=1S/C15H24BrNO3/c1-5-17-12(7-6-10-18-2)11-8-9-13(19-3)14(16)15(11)20-4/h8-9,12,17H,5-7,10H2,1-4H3. The molecule has 114 valence electrons. The highest BCUT2D eigenvalue weighted by Gasteiger charge is 2.19. The highest BCUT2D eigenvalue weighted by atomic mass is 79.9. The largest absolute Gasteiger partial charge is 0.495 e. The maximum Gasteiger partial charge on any atom is 0.141 e. The Balaban J connectivity index is 3.02. The Kier molecular flexibility index (Phi) is 7.95. The summed E-state index contributed by atoms with van der Waals surface area (Å²) in [5.74, 6) is 1.60. The van der Waals surface area contributed by atoms with Gasteiger partial charge >= 0.3 is 0 Å². The van der Waals surface area contributed by atoms with Crippen LogP contribution in [-0.4, -0.2) is 34.5 Å². The molecule has 1 aromatic rings. The monoisotopic (exact) mass is 345 g/mol. The smallest absolute Gasteiger partial charge is 0.141 e. The second kappa shape index (κ2) is 9.21. The van der Waals surface area contributed by atoms with Crippen LogP contribution in [0.3, 0.4) is 0 Å². The van der Waals surface area contributed by atoms with E-state index in [0.717, 1.165) is 47.5 Å². The van der Waals surface area contributed by atoms with Crippen LogP contribution >= 0.6 is 15.9 Å². The minimum atomic E-state index is 0.243. The number of rotatable bonds is 9. The number of hydrogen-bond donors (Lipinski definition) is 1. The first-order valence-electron chi connectivity index (χ1n) is 6.82. The zero-order valence-electron chi connectivity index (χ0n) is 12.7. The molecule has 0 aromatic heterocycles. The maximum atomic E-state index is 5.55. The fraction of sp³-hybridized carbons (Fsp3) is 0.600. The molecule has 0 saturated heterocycles. The van der Waals surface area contributed by atoms with Gasteiger partial charge in [-0.2, -0.15) is 0 Å². The van der Waals surface area contributed by atoms with E-state index in [1.807, 2.05) is 6.07 Å². The molecule has 20 heavy (non-hydrogen) atoms. The second-order valence-corrected chi connectivity index (χ2v) is 5.24. The maximum absolute atomic E-state index is 5.55. The van der Waals surface area contributed by atoms with Gasteiger partial charge in [0.15, 0.2) is 0 Å². The minimum Gasteiger partial charge on any atom is -0.495 e. The number of ether oxygens (including phenoxy) is 3. The zero-order valence-corrected chi connectivity index (χ0v) is 14.2. The number of benzene rings is 1. The fourth-order valence-electron chi connectivity index (χ4n) is 2.24. The Morgan fingerprint density at radius 3 is 2.50 bits per heavy atom. The summed E-state index contributed by atoms with van der Waals surface area (Å²) >= 11 is 3.55. The molecule has 0 radical (unpaired) electrons. The van der Waals surface area contributed by atoms with Gasteiger partial charge in [0.1, 0.15) is 16.0 Å². The molecule has 0 amide bonds. The Hall–Kier alpha value is -0.780. The van der Waals surface area contributed by atoms with Gasteiger partial charge in [-0.1, -0.05) is 6.92 Å². The molecule has 0 fully saturated rings. The van der Waals surface area contributed by atoms with Crippen LogP contribution < -0.4 is 14.8 Å². The van der Waals surface area contributed by atoms with Gasteiger partial charge in [-0.3, -0.25) is 0 Å². The van der Waals surface area contributed by atoms with Gasteiger partial charge in [0.25, 0.3) is 0 Å². The first kappa shape index (κ1) is 17.3. The molecule has 4 nitrogen and oxygen atoms in total. The van der Waals surface area contributed by atoms with Crippen molar-refractivity contribution in [1.29, 1.82) is 0 Å². The lowest BCUT2D eigenvalue weighted by Gasteiger charge is -2.22. The van der Waals surface area contributed by atoms with E-state index in [2.05, 4.69) is 34.2 Å². The fourth-order valence-corrected chi connectivity index (χ4v) is 2.92. The number of methoxy groups -OCH3 is 3. The van der Waals surface area contributed by atoms with Crippen molar-refractivity contribution in [2.75, 3.05) is 34.5 Å². The van der Waals surface area contributed by atoms with Crippen LogP contribution in [0.25, 0.3) is 0 Å². The van der Waals surface area contributed by atoms with E-state index in [4.69, 9.17) is 14.2 Å². The lowest BCUT2D eigenvalue weighted by atomic mass is 10.0. The molecule has 0 bridgehead atoms. The molecule has 0 aliphatic heterocycles. The number of nitrogens with one attached hydrogen (secondary N) is 1. The van der Waals surface area contributed by atoms with Crippen LogP contribution in [0.2, 0.25) is 0 Å². The third-order valence-electron chi connectivity index (χ3n) is 3.18. The summed E-state index contributed by atoms with van der Waals surface area (Å²) < 4.78 is 16.9. The van der Waals surface area contributed by atoms with Crippen LogP contribution in [-0.2, 0) is 4.74 Å². The Morgan fingerprint density at radius 2 is 1.95 bits per heavy atom. The van der Waals surface area contributed by atoms with Crippen molar-refractivity contribution in [2.45, 2.75) is 25.8 Å². The van der Waals surface area contributed by atoms with E-state index in [0.29, 0.717) is 0 Å². The summed E-state index contributed by atoms with van der Waals surface area (Å²) in [6.07, 6.45) is 2.00. The highest BCUT2D eigenvalue weighted by Crippen LogP contribution is 2.40. The van der Waals surface area contributed by atoms with Gasteiger partial charge in [-0.15, -0.1) is 0 Å². The van der Waals surface area contributed by atoms with Crippen LogP contribution in [0.1, 0.15) is 31.4 Å². The molecule has 0 heterocycles. The molecule has 0 saturated carbocycles. The summed E-state index contributed by atoms with van der Waals surface area (Å²) in [5, 5.41) is 3.50. The number of hydrogen-bond acceptors (Lipinski definition) is 4. The lowest BCUT2D eigenvalue weighted by Crippen LogP contribution is -2.22. The molecule has 1 aromatic carbocycles. The molecular weight excluding hydrogens is 322 g/mol. The van der Waals surface area contributed by atoms with Crippen molar-refractivity contribution < 1.29 is 14.2 Å². The number of halogens is 1. The third-order valence-corrected chi connectivity index (χ3v) is 3.93. The summed E-state index contributed by atoms with van der Waals surface area (Å²) in [4.78, 5) is 0. The lowest BCUT2D eigenvalue weighted by molar-refractivity contribution is 0.188. The van der Waals surface area contributed by atoms with Crippen LogP contribution in [0.15, 0.2) is 16.6 Å². The second-order valence-electron chi connectivity index (χ2n) is 4.45.